The van der Waals surface area contributed by atoms with Crippen molar-refractivity contribution >= 4 is 16.7 Å². The molecule has 5 heteroatoms. The van der Waals surface area contributed by atoms with E-state index in [1.165, 1.54) is 0 Å². The summed E-state index contributed by atoms with van der Waals surface area (Å²) in [5.41, 5.74) is 7.10. The summed E-state index contributed by atoms with van der Waals surface area (Å²) < 4.78 is 10.9. The topological polar surface area (TPSA) is 72.2 Å². The van der Waals surface area contributed by atoms with Crippen LogP contribution in [0.5, 0.6) is 0 Å². The lowest BCUT2D eigenvalue weighted by Gasteiger charge is -2.08. The Balaban J connectivity index is 2.64. The Kier molecular flexibility index (Phi) is 5.86. The van der Waals surface area contributed by atoms with Crippen molar-refractivity contribution in [3.05, 3.63) is 35.4 Å². The Morgan fingerprint density at radius 1 is 1.41 bits per heavy atom. The van der Waals surface area contributed by atoms with Crippen molar-refractivity contribution in [1.82, 2.24) is 5.32 Å². The van der Waals surface area contributed by atoms with Crippen molar-refractivity contribution in [2.45, 2.75) is 6.42 Å². The molecule has 3 N–H and O–H groups in total. The molecule has 0 radical (unpaired) electrons. The zero-order chi connectivity index (χ0) is 12.7. The summed E-state index contributed by atoms with van der Waals surface area (Å²) in [6.45, 7) is 0.947. The molecule has 17 heavy (non-hydrogen) atoms. The minimum atomic E-state index is -0.882. The summed E-state index contributed by atoms with van der Waals surface area (Å²) in [5, 5.41) is 2.76. The molecule has 1 aromatic carbocycles. The third-order valence-corrected chi connectivity index (χ3v) is 3.13. The molecule has 0 spiro atoms. The summed E-state index contributed by atoms with van der Waals surface area (Å²) in [7, 11) is -0.882. The van der Waals surface area contributed by atoms with Gasteiger partial charge in [-0.05, 0) is 24.6 Å². The minimum Gasteiger partial charge on any atom is -0.351 e. The summed E-state index contributed by atoms with van der Waals surface area (Å²) in [4.78, 5) is 11.9. The molecule has 1 amide bonds. The molecule has 0 bridgehead atoms. The number of nitrogens with two attached hydrogens (primary N) is 1. The smallest absolute Gasteiger partial charge is 0.251 e. The van der Waals surface area contributed by atoms with E-state index in [4.69, 9.17) is 5.73 Å². The first-order valence-electron chi connectivity index (χ1n) is 5.51. The highest BCUT2D eigenvalue weighted by molar-refractivity contribution is 7.84. The van der Waals surface area contributed by atoms with E-state index in [0.29, 0.717) is 30.8 Å². The second-order valence-corrected chi connectivity index (χ2v) is 5.28. The lowest BCUT2D eigenvalue weighted by atomic mass is 10.0. The first-order valence-corrected chi connectivity index (χ1v) is 7.24. The number of carbonyl (C=O) groups is 1. The van der Waals surface area contributed by atoms with Gasteiger partial charge in [0, 0.05) is 34.9 Å². The zero-order valence-corrected chi connectivity index (χ0v) is 10.8. The van der Waals surface area contributed by atoms with Gasteiger partial charge >= 0.3 is 0 Å². The summed E-state index contributed by atoms with van der Waals surface area (Å²) in [6, 6.07) is 7.40. The van der Waals surface area contributed by atoms with Gasteiger partial charge in [-0.25, -0.2) is 0 Å². The highest BCUT2D eigenvalue weighted by Crippen LogP contribution is 2.08. The monoisotopic (exact) mass is 254 g/mol. The number of nitrogens with one attached hydrogen (secondary N) is 1. The van der Waals surface area contributed by atoms with Crippen LogP contribution < -0.4 is 11.1 Å². The highest BCUT2D eigenvalue weighted by atomic mass is 32.2. The van der Waals surface area contributed by atoms with Gasteiger partial charge < -0.3 is 11.1 Å². The van der Waals surface area contributed by atoms with Gasteiger partial charge in [-0.1, -0.05) is 18.2 Å². The van der Waals surface area contributed by atoms with Gasteiger partial charge in [0.15, 0.2) is 0 Å². The number of hydrogen-bond donors (Lipinski definition) is 2. The van der Waals surface area contributed by atoms with Crippen LogP contribution in [0.4, 0.5) is 0 Å². The van der Waals surface area contributed by atoms with E-state index in [0.717, 1.165) is 5.56 Å². The maximum absolute atomic E-state index is 11.9. The molecule has 0 saturated carbocycles. The molecule has 0 heterocycles. The van der Waals surface area contributed by atoms with Crippen LogP contribution in [0.2, 0.25) is 0 Å². The van der Waals surface area contributed by atoms with Crippen LogP contribution in [0.25, 0.3) is 0 Å². The van der Waals surface area contributed by atoms with Crippen molar-refractivity contribution in [2.24, 2.45) is 5.73 Å². The van der Waals surface area contributed by atoms with Gasteiger partial charge in [-0.15, -0.1) is 0 Å². The Hall–Kier alpha value is -1.20. The third-order valence-electron chi connectivity index (χ3n) is 2.35. The third kappa shape index (κ3) is 4.66. The first-order chi connectivity index (χ1) is 8.15. The number of hydrogen-bond acceptors (Lipinski definition) is 3. The average molecular weight is 254 g/mol. The number of benzene rings is 1. The fourth-order valence-corrected chi connectivity index (χ4v) is 1.91. The molecular formula is C12H18N2O2S. The standard InChI is InChI=1S/C12H18N2O2S/c1-17(16)9-8-14-12(15)11-5-3-2-4-10(11)6-7-13/h2-5H,6-9,13H2,1H3,(H,14,15). The van der Waals surface area contributed by atoms with Crippen LogP contribution in [0, 0.1) is 0 Å². The van der Waals surface area contributed by atoms with Crippen LogP contribution in [0.3, 0.4) is 0 Å². The molecule has 0 aliphatic carbocycles. The predicted molar refractivity (Wildman–Crippen MR) is 70.5 cm³/mol. The van der Waals surface area contributed by atoms with Gasteiger partial charge in [-0.3, -0.25) is 9.00 Å². The van der Waals surface area contributed by atoms with Gasteiger partial charge in [0.05, 0.1) is 0 Å². The lowest BCUT2D eigenvalue weighted by Crippen LogP contribution is -2.28. The van der Waals surface area contributed by atoms with E-state index in [2.05, 4.69) is 5.32 Å². The fraction of sp³-hybridized carbons (Fsp3) is 0.417. The molecular weight excluding hydrogens is 236 g/mol. The van der Waals surface area contributed by atoms with Gasteiger partial charge in [-0.2, -0.15) is 0 Å². The van der Waals surface area contributed by atoms with Crippen LogP contribution in [-0.2, 0) is 17.2 Å². The first kappa shape index (κ1) is 13.9. The Morgan fingerprint density at radius 3 is 2.76 bits per heavy atom. The maximum Gasteiger partial charge on any atom is 0.251 e. The highest BCUT2D eigenvalue weighted by Gasteiger charge is 2.09. The van der Waals surface area contributed by atoms with E-state index in [1.807, 2.05) is 18.2 Å². The lowest BCUT2D eigenvalue weighted by molar-refractivity contribution is 0.0955. The Morgan fingerprint density at radius 2 is 2.12 bits per heavy atom. The van der Waals surface area contributed by atoms with E-state index in [1.54, 1.807) is 12.3 Å². The summed E-state index contributed by atoms with van der Waals surface area (Å²) in [5.74, 6) is 0.352. The number of amides is 1. The summed E-state index contributed by atoms with van der Waals surface area (Å²) in [6.07, 6.45) is 2.30. The molecule has 0 aliphatic rings. The summed E-state index contributed by atoms with van der Waals surface area (Å²) >= 11 is 0. The molecule has 94 valence electrons. The largest absolute Gasteiger partial charge is 0.351 e. The molecule has 1 aromatic rings. The van der Waals surface area contributed by atoms with E-state index in [9.17, 15) is 9.00 Å². The SMILES string of the molecule is CS(=O)CCNC(=O)c1ccccc1CCN. The van der Waals surface area contributed by atoms with Gasteiger partial charge in [0.25, 0.3) is 5.91 Å². The van der Waals surface area contributed by atoms with Crippen molar-refractivity contribution in [3.63, 3.8) is 0 Å². The quantitative estimate of drug-likeness (QED) is 0.766. The molecule has 0 aliphatic heterocycles. The van der Waals surface area contributed by atoms with Crippen molar-refractivity contribution in [3.8, 4) is 0 Å². The second-order valence-electron chi connectivity index (χ2n) is 3.73. The average Bonchev–Trinajstić information content (AvgIpc) is 2.29. The number of carbonyl (C=O) groups excluding carboxylic acids is 1. The number of rotatable bonds is 6. The van der Waals surface area contributed by atoms with E-state index >= 15 is 0 Å². The molecule has 1 rings (SSSR count). The van der Waals surface area contributed by atoms with E-state index < -0.39 is 10.8 Å². The Bertz CT molecular complexity index is 407. The minimum absolute atomic E-state index is 0.125. The Labute approximate surface area is 104 Å². The molecule has 1 unspecified atom stereocenters. The van der Waals surface area contributed by atoms with Crippen molar-refractivity contribution in [1.29, 1.82) is 0 Å². The van der Waals surface area contributed by atoms with Gasteiger partial charge in [0.2, 0.25) is 0 Å². The fourth-order valence-electron chi connectivity index (χ4n) is 1.52. The molecule has 0 aromatic heterocycles. The molecule has 0 saturated heterocycles. The molecule has 0 fully saturated rings. The van der Waals surface area contributed by atoms with Crippen molar-refractivity contribution in [2.75, 3.05) is 25.1 Å². The van der Waals surface area contributed by atoms with Crippen LogP contribution >= 0.6 is 0 Å². The van der Waals surface area contributed by atoms with Gasteiger partial charge in [0.1, 0.15) is 0 Å². The maximum atomic E-state index is 11.9. The molecule has 4 nitrogen and oxygen atoms in total. The van der Waals surface area contributed by atoms with E-state index in [-0.39, 0.29) is 5.91 Å². The van der Waals surface area contributed by atoms with Crippen LogP contribution in [-0.4, -0.2) is 35.2 Å². The van der Waals surface area contributed by atoms with Crippen LogP contribution in [0.1, 0.15) is 15.9 Å². The normalized spacial score (nSPS) is 12.1. The molecule has 1 atom stereocenters. The van der Waals surface area contributed by atoms with Crippen molar-refractivity contribution < 1.29 is 9.00 Å². The second kappa shape index (κ2) is 7.19. The predicted octanol–water partition coefficient (Wildman–Crippen LogP) is 0.296. The van der Waals surface area contributed by atoms with Crippen LogP contribution in [0.15, 0.2) is 24.3 Å². The zero-order valence-electron chi connectivity index (χ0n) is 9.94.